The molecule has 1 aromatic rings. The van der Waals surface area contributed by atoms with Gasteiger partial charge in [-0.15, -0.1) is 0 Å². The third kappa shape index (κ3) is 5.04. The summed E-state index contributed by atoms with van der Waals surface area (Å²) < 4.78 is 0. The fourth-order valence-electron chi connectivity index (χ4n) is 2.82. The second-order valence-electron chi connectivity index (χ2n) is 7.19. The zero-order valence-electron chi connectivity index (χ0n) is 14.9. The molecule has 6 nitrogen and oxygen atoms in total. The second kappa shape index (κ2) is 7.77. The van der Waals surface area contributed by atoms with E-state index in [-0.39, 0.29) is 36.0 Å². The third-order valence-electron chi connectivity index (χ3n) is 3.95. The molecular formula is C18H28N4O2. The molecule has 0 radical (unpaired) electrons. The van der Waals surface area contributed by atoms with E-state index in [2.05, 4.69) is 16.2 Å². The van der Waals surface area contributed by atoms with Crippen LogP contribution < -0.4 is 16.2 Å². The lowest BCUT2D eigenvalue weighted by molar-refractivity contribution is -0.137. The van der Waals surface area contributed by atoms with Gasteiger partial charge in [0.25, 0.3) is 0 Å². The largest absolute Gasteiger partial charge is 0.350 e. The molecule has 0 saturated carbocycles. The van der Waals surface area contributed by atoms with E-state index in [1.165, 1.54) is 0 Å². The van der Waals surface area contributed by atoms with Crippen LogP contribution in [0, 0.1) is 0 Å². The lowest BCUT2D eigenvalue weighted by Crippen LogP contribution is -2.51. The number of benzene rings is 1. The maximum absolute atomic E-state index is 12.7. The Balaban J connectivity index is 1.93. The quantitative estimate of drug-likeness (QED) is 0.761. The van der Waals surface area contributed by atoms with Crippen molar-refractivity contribution in [3.63, 3.8) is 0 Å². The zero-order valence-corrected chi connectivity index (χ0v) is 14.9. The summed E-state index contributed by atoms with van der Waals surface area (Å²) in [5.74, 6) is -0.184. The number of rotatable bonds is 5. The predicted octanol–water partition coefficient (Wildman–Crippen LogP) is 1.36. The van der Waals surface area contributed by atoms with Crippen molar-refractivity contribution >= 4 is 11.8 Å². The number of nitrogens with zero attached hydrogens (tertiary/aromatic N) is 1. The fraction of sp³-hybridized carbons (Fsp3) is 0.556. The summed E-state index contributed by atoms with van der Waals surface area (Å²) in [6, 6.07) is 9.81. The van der Waals surface area contributed by atoms with Crippen molar-refractivity contribution in [1.29, 1.82) is 0 Å². The summed E-state index contributed by atoms with van der Waals surface area (Å²) >= 11 is 0. The maximum atomic E-state index is 12.7. The van der Waals surface area contributed by atoms with Crippen molar-refractivity contribution in [2.45, 2.75) is 51.7 Å². The summed E-state index contributed by atoms with van der Waals surface area (Å²) in [7, 11) is 0. The molecule has 0 bridgehead atoms. The molecule has 1 heterocycles. The van der Waals surface area contributed by atoms with E-state index in [0.717, 1.165) is 5.56 Å². The van der Waals surface area contributed by atoms with Crippen LogP contribution in [0.25, 0.3) is 0 Å². The molecule has 0 spiro atoms. The van der Waals surface area contributed by atoms with Crippen LogP contribution in [0.3, 0.4) is 0 Å². The predicted molar refractivity (Wildman–Crippen MR) is 94.0 cm³/mol. The van der Waals surface area contributed by atoms with Crippen LogP contribution in [0.15, 0.2) is 30.3 Å². The van der Waals surface area contributed by atoms with E-state index < -0.39 is 0 Å². The molecule has 1 aliphatic rings. The normalized spacial score (nSPS) is 20.7. The fourth-order valence-corrected chi connectivity index (χ4v) is 2.82. The highest BCUT2D eigenvalue weighted by Gasteiger charge is 2.33. The summed E-state index contributed by atoms with van der Waals surface area (Å²) in [5.41, 5.74) is 7.09. The Labute approximate surface area is 144 Å². The summed E-state index contributed by atoms with van der Waals surface area (Å²) in [4.78, 5) is 26.4. The number of nitrogens with one attached hydrogen (secondary N) is 3. The number of amides is 2. The van der Waals surface area contributed by atoms with Gasteiger partial charge >= 0.3 is 0 Å². The first kappa shape index (κ1) is 18.4. The number of hydrazine groups is 1. The van der Waals surface area contributed by atoms with Crippen molar-refractivity contribution in [3.8, 4) is 0 Å². The lowest BCUT2D eigenvalue weighted by Gasteiger charge is -2.26. The molecule has 6 heteroatoms. The molecule has 2 rings (SSSR count). The molecule has 1 aromatic carbocycles. The van der Waals surface area contributed by atoms with Gasteiger partial charge in [0.15, 0.2) is 0 Å². The number of hydrogen-bond donors (Lipinski definition) is 3. The zero-order chi connectivity index (χ0) is 17.7. The average Bonchev–Trinajstić information content (AvgIpc) is 3.01. The molecule has 24 heavy (non-hydrogen) atoms. The molecule has 0 aliphatic carbocycles. The number of likely N-dealkylation sites (N-methyl/N-ethyl adjacent to an activating group) is 1. The average molecular weight is 332 g/mol. The van der Waals surface area contributed by atoms with Crippen molar-refractivity contribution in [3.05, 3.63) is 35.9 Å². The highest BCUT2D eigenvalue weighted by Crippen LogP contribution is 2.22. The Morgan fingerprint density at radius 2 is 1.88 bits per heavy atom. The first-order chi connectivity index (χ1) is 11.3. The van der Waals surface area contributed by atoms with E-state index in [4.69, 9.17) is 0 Å². The molecule has 1 saturated heterocycles. The molecular weight excluding hydrogens is 304 g/mol. The van der Waals surface area contributed by atoms with Gasteiger partial charge in [0.05, 0.1) is 6.54 Å². The minimum absolute atomic E-state index is 0.0486. The molecule has 1 aliphatic heterocycles. The van der Waals surface area contributed by atoms with Gasteiger partial charge in [-0.1, -0.05) is 30.3 Å². The van der Waals surface area contributed by atoms with E-state index in [1.54, 1.807) is 4.90 Å². The third-order valence-corrected chi connectivity index (χ3v) is 3.95. The van der Waals surface area contributed by atoms with Gasteiger partial charge in [0.2, 0.25) is 11.8 Å². The Bertz CT molecular complexity index is 568. The van der Waals surface area contributed by atoms with Crippen molar-refractivity contribution in [1.82, 2.24) is 21.1 Å². The molecule has 0 aromatic heterocycles. The van der Waals surface area contributed by atoms with Crippen LogP contribution in [0.4, 0.5) is 0 Å². The van der Waals surface area contributed by atoms with Crippen LogP contribution in [0.2, 0.25) is 0 Å². The Morgan fingerprint density at radius 3 is 2.46 bits per heavy atom. The minimum atomic E-state index is -0.322. The number of carbonyl (C=O) groups is 2. The first-order valence-electron chi connectivity index (χ1n) is 8.46. The minimum Gasteiger partial charge on any atom is -0.350 e. The van der Waals surface area contributed by atoms with Gasteiger partial charge in [0, 0.05) is 18.1 Å². The number of hydrogen-bond acceptors (Lipinski definition) is 4. The lowest BCUT2D eigenvalue weighted by atomic mass is 10.0. The molecule has 2 amide bonds. The summed E-state index contributed by atoms with van der Waals surface area (Å²) in [6.07, 6.45) is 0.667. The molecule has 2 unspecified atom stereocenters. The maximum Gasteiger partial charge on any atom is 0.241 e. The van der Waals surface area contributed by atoms with Gasteiger partial charge < -0.3 is 10.2 Å². The smallest absolute Gasteiger partial charge is 0.241 e. The van der Waals surface area contributed by atoms with Crippen LogP contribution in [-0.4, -0.2) is 41.4 Å². The van der Waals surface area contributed by atoms with Crippen molar-refractivity contribution < 1.29 is 9.59 Å². The van der Waals surface area contributed by atoms with Crippen LogP contribution >= 0.6 is 0 Å². The standard InChI is InChI=1S/C18H28N4O2/c1-5-22(12-16(23)19-18(2,3)4)17(24)15-11-14(20-21-15)13-9-7-6-8-10-13/h6-10,14-15,20-21H,5,11-12H2,1-4H3,(H,19,23). The Kier molecular flexibility index (Phi) is 5.96. The van der Waals surface area contributed by atoms with Crippen molar-refractivity contribution in [2.75, 3.05) is 13.1 Å². The van der Waals surface area contributed by atoms with Crippen molar-refractivity contribution in [2.24, 2.45) is 0 Å². The van der Waals surface area contributed by atoms with Crippen LogP contribution in [-0.2, 0) is 9.59 Å². The Hall–Kier alpha value is -1.92. The van der Waals surface area contributed by atoms with E-state index in [0.29, 0.717) is 13.0 Å². The SMILES string of the molecule is CCN(CC(=O)NC(C)(C)C)C(=O)C1CC(c2ccccc2)NN1. The monoisotopic (exact) mass is 332 g/mol. The van der Waals surface area contributed by atoms with Gasteiger partial charge in [-0.25, -0.2) is 10.9 Å². The van der Waals surface area contributed by atoms with Gasteiger partial charge in [-0.05, 0) is 39.7 Å². The van der Waals surface area contributed by atoms with Gasteiger partial charge in [0.1, 0.15) is 6.04 Å². The van der Waals surface area contributed by atoms with Gasteiger partial charge in [-0.3, -0.25) is 9.59 Å². The Morgan fingerprint density at radius 1 is 1.21 bits per heavy atom. The van der Waals surface area contributed by atoms with E-state index in [9.17, 15) is 9.59 Å². The second-order valence-corrected chi connectivity index (χ2v) is 7.19. The van der Waals surface area contributed by atoms with Crippen LogP contribution in [0.1, 0.15) is 45.7 Å². The van der Waals surface area contributed by atoms with E-state index in [1.807, 2.05) is 58.0 Å². The van der Waals surface area contributed by atoms with E-state index >= 15 is 0 Å². The topological polar surface area (TPSA) is 73.5 Å². The molecule has 1 fully saturated rings. The molecule has 2 atom stereocenters. The van der Waals surface area contributed by atoms with Crippen LogP contribution in [0.5, 0.6) is 0 Å². The first-order valence-corrected chi connectivity index (χ1v) is 8.46. The highest BCUT2D eigenvalue weighted by atomic mass is 16.2. The number of carbonyl (C=O) groups excluding carboxylic acids is 2. The summed E-state index contributed by atoms with van der Waals surface area (Å²) in [5, 5.41) is 2.90. The molecule has 3 N–H and O–H groups in total. The summed E-state index contributed by atoms with van der Waals surface area (Å²) in [6.45, 7) is 8.26. The highest BCUT2D eigenvalue weighted by molar-refractivity contribution is 5.88. The molecule has 132 valence electrons. The van der Waals surface area contributed by atoms with Gasteiger partial charge in [-0.2, -0.15) is 0 Å².